The molecule has 31 heavy (non-hydrogen) atoms. The summed E-state index contributed by atoms with van der Waals surface area (Å²) in [5.41, 5.74) is -0.665. The number of aromatic nitrogens is 4. The van der Waals surface area contributed by atoms with Gasteiger partial charge in [-0.2, -0.15) is 13.2 Å². The van der Waals surface area contributed by atoms with Crippen LogP contribution in [0, 0.1) is 6.92 Å². The van der Waals surface area contributed by atoms with E-state index in [4.69, 9.17) is 23.2 Å². The predicted octanol–water partition coefficient (Wildman–Crippen LogP) is 4.51. The Bertz CT molecular complexity index is 1240. The first kappa shape index (κ1) is 22.8. The van der Waals surface area contributed by atoms with Crippen molar-refractivity contribution in [1.29, 1.82) is 0 Å². The summed E-state index contributed by atoms with van der Waals surface area (Å²) in [6, 6.07) is 5.46. The van der Waals surface area contributed by atoms with E-state index in [1.54, 1.807) is 6.92 Å². The number of alkyl halides is 3. The summed E-state index contributed by atoms with van der Waals surface area (Å²) < 4.78 is 41.4. The van der Waals surface area contributed by atoms with E-state index in [-0.39, 0.29) is 40.3 Å². The molecular formula is C19H15Cl2F3N4O3. The van der Waals surface area contributed by atoms with Crippen LogP contribution in [-0.2, 0) is 19.3 Å². The van der Waals surface area contributed by atoms with Gasteiger partial charge >= 0.3 is 12.1 Å². The molecule has 0 aliphatic rings. The molecule has 1 aromatic carbocycles. The molecule has 0 saturated heterocycles. The minimum atomic E-state index is -4.72. The second kappa shape index (κ2) is 8.35. The third kappa shape index (κ3) is 4.45. The zero-order chi connectivity index (χ0) is 23.1. The molecule has 0 bridgehead atoms. The summed E-state index contributed by atoms with van der Waals surface area (Å²) in [7, 11) is 0. The topological polar surface area (TPSA) is 90.0 Å². The predicted molar refractivity (Wildman–Crippen MR) is 108 cm³/mol. The SMILES string of the molecule is CCn1c(Cn2nc(C(F)(F)F)nc2C)cc(=O)c(C(=O)O)c1-c1ccc(Cl)c(Cl)c1. The molecule has 164 valence electrons. The second-order valence-electron chi connectivity index (χ2n) is 6.54. The third-order valence-electron chi connectivity index (χ3n) is 4.54. The number of carboxylic acids is 1. The number of carbonyl (C=O) groups is 1. The molecule has 0 aliphatic carbocycles. The maximum atomic E-state index is 12.9. The van der Waals surface area contributed by atoms with Gasteiger partial charge in [-0.05, 0) is 26.0 Å². The minimum Gasteiger partial charge on any atom is -0.477 e. The number of aryl methyl sites for hydroxylation is 1. The first-order valence-corrected chi connectivity index (χ1v) is 9.63. The monoisotopic (exact) mass is 474 g/mol. The van der Waals surface area contributed by atoms with Crippen LogP contribution in [0.3, 0.4) is 0 Å². The number of rotatable bonds is 5. The number of nitrogens with zero attached hydrogens (tertiary/aromatic N) is 4. The Kier molecular flexibility index (Phi) is 6.15. The van der Waals surface area contributed by atoms with Crippen molar-refractivity contribution in [3.8, 4) is 11.3 Å². The summed E-state index contributed by atoms with van der Waals surface area (Å²) in [5, 5.41) is 13.5. The van der Waals surface area contributed by atoms with Crippen molar-refractivity contribution in [1.82, 2.24) is 19.3 Å². The van der Waals surface area contributed by atoms with Gasteiger partial charge in [0, 0.05) is 23.9 Å². The second-order valence-corrected chi connectivity index (χ2v) is 7.35. The van der Waals surface area contributed by atoms with Crippen molar-refractivity contribution in [2.75, 3.05) is 0 Å². The van der Waals surface area contributed by atoms with Gasteiger partial charge in [-0.1, -0.05) is 29.3 Å². The van der Waals surface area contributed by atoms with Gasteiger partial charge in [0.25, 0.3) is 5.82 Å². The van der Waals surface area contributed by atoms with E-state index >= 15 is 0 Å². The third-order valence-corrected chi connectivity index (χ3v) is 5.28. The molecule has 0 amide bonds. The van der Waals surface area contributed by atoms with E-state index in [0.29, 0.717) is 5.56 Å². The van der Waals surface area contributed by atoms with E-state index < -0.39 is 29.0 Å². The zero-order valence-electron chi connectivity index (χ0n) is 16.2. The highest BCUT2D eigenvalue weighted by atomic mass is 35.5. The molecule has 7 nitrogen and oxygen atoms in total. The molecule has 0 radical (unpaired) electrons. The number of hydrogen-bond donors (Lipinski definition) is 1. The minimum absolute atomic E-state index is 0.0131. The average molecular weight is 475 g/mol. The molecule has 0 atom stereocenters. The quantitative estimate of drug-likeness (QED) is 0.587. The molecule has 12 heteroatoms. The van der Waals surface area contributed by atoms with Gasteiger partial charge in [-0.3, -0.25) is 4.79 Å². The Morgan fingerprint density at radius 3 is 2.39 bits per heavy atom. The van der Waals surface area contributed by atoms with Gasteiger partial charge in [0.2, 0.25) is 0 Å². The van der Waals surface area contributed by atoms with Crippen LogP contribution in [0.5, 0.6) is 0 Å². The van der Waals surface area contributed by atoms with Gasteiger partial charge in [0.05, 0.1) is 22.3 Å². The van der Waals surface area contributed by atoms with Crippen molar-refractivity contribution in [3.05, 3.63) is 67.4 Å². The molecule has 0 aliphatic heterocycles. The Hall–Kier alpha value is -2.85. The smallest absolute Gasteiger partial charge is 0.453 e. The maximum absolute atomic E-state index is 12.9. The van der Waals surface area contributed by atoms with E-state index in [0.717, 1.165) is 10.7 Å². The number of pyridine rings is 1. The fraction of sp³-hybridized carbons (Fsp3) is 0.263. The van der Waals surface area contributed by atoms with Crippen LogP contribution in [0.25, 0.3) is 11.3 Å². The highest BCUT2D eigenvalue weighted by Crippen LogP contribution is 2.31. The lowest BCUT2D eigenvalue weighted by molar-refractivity contribution is -0.145. The lowest BCUT2D eigenvalue weighted by Crippen LogP contribution is -2.25. The normalized spacial score (nSPS) is 11.7. The molecule has 0 unspecified atom stereocenters. The molecule has 3 aromatic rings. The molecule has 0 spiro atoms. The molecular weight excluding hydrogens is 460 g/mol. The molecule has 2 heterocycles. The van der Waals surface area contributed by atoms with E-state index in [9.17, 15) is 27.9 Å². The van der Waals surface area contributed by atoms with Gasteiger partial charge in [-0.25, -0.2) is 14.5 Å². The van der Waals surface area contributed by atoms with Crippen molar-refractivity contribution in [2.45, 2.75) is 33.1 Å². The Morgan fingerprint density at radius 2 is 1.87 bits per heavy atom. The first-order chi connectivity index (χ1) is 14.4. The number of hydrogen-bond acceptors (Lipinski definition) is 4. The Balaban J connectivity index is 2.25. The highest BCUT2D eigenvalue weighted by molar-refractivity contribution is 6.42. The first-order valence-electron chi connectivity index (χ1n) is 8.88. The molecule has 0 fully saturated rings. The van der Waals surface area contributed by atoms with Crippen molar-refractivity contribution < 1.29 is 23.1 Å². The number of halogens is 5. The van der Waals surface area contributed by atoms with Crippen LogP contribution in [0.2, 0.25) is 10.0 Å². The van der Waals surface area contributed by atoms with Gasteiger partial charge in [0.15, 0.2) is 5.43 Å². The Morgan fingerprint density at radius 1 is 1.19 bits per heavy atom. The van der Waals surface area contributed by atoms with Crippen LogP contribution in [0.1, 0.15) is 34.6 Å². The maximum Gasteiger partial charge on any atom is 0.453 e. The summed E-state index contributed by atoms with van der Waals surface area (Å²) in [6.45, 7) is 3.04. The molecule has 0 saturated carbocycles. The average Bonchev–Trinajstić information content (AvgIpc) is 3.04. The van der Waals surface area contributed by atoms with Crippen LogP contribution in [0.15, 0.2) is 29.1 Å². The van der Waals surface area contributed by atoms with Gasteiger partial charge < -0.3 is 9.67 Å². The van der Waals surface area contributed by atoms with Gasteiger partial charge in [-0.15, -0.1) is 5.10 Å². The van der Waals surface area contributed by atoms with Crippen LogP contribution in [-0.4, -0.2) is 30.4 Å². The standard InChI is InChI=1S/C19H15Cl2F3N4O3/c1-3-27-11(8-28-9(2)25-18(26-28)19(22,23)24)7-14(29)15(17(30)31)16(27)10-4-5-12(20)13(21)6-10/h4-7H,3,8H2,1-2H3,(H,30,31). The lowest BCUT2D eigenvalue weighted by Gasteiger charge is -2.20. The fourth-order valence-electron chi connectivity index (χ4n) is 3.18. The lowest BCUT2D eigenvalue weighted by atomic mass is 10.0. The van der Waals surface area contributed by atoms with Crippen molar-refractivity contribution in [3.63, 3.8) is 0 Å². The van der Waals surface area contributed by atoms with Crippen LogP contribution in [0.4, 0.5) is 13.2 Å². The molecule has 2 aromatic heterocycles. The number of carboxylic acid groups (broad SMARTS) is 1. The van der Waals surface area contributed by atoms with Crippen LogP contribution >= 0.6 is 23.2 Å². The molecule has 3 rings (SSSR count). The van der Waals surface area contributed by atoms with E-state index in [2.05, 4.69) is 10.1 Å². The number of aromatic carboxylic acids is 1. The van der Waals surface area contributed by atoms with E-state index in [1.165, 1.54) is 29.7 Å². The highest BCUT2D eigenvalue weighted by Gasteiger charge is 2.36. The summed E-state index contributed by atoms with van der Waals surface area (Å²) in [4.78, 5) is 27.9. The number of benzene rings is 1. The van der Waals surface area contributed by atoms with Crippen molar-refractivity contribution >= 4 is 29.2 Å². The van der Waals surface area contributed by atoms with Crippen molar-refractivity contribution in [2.24, 2.45) is 0 Å². The van der Waals surface area contributed by atoms with Gasteiger partial charge in [0.1, 0.15) is 11.4 Å². The Labute approximate surface area is 183 Å². The zero-order valence-corrected chi connectivity index (χ0v) is 17.7. The summed E-state index contributed by atoms with van der Waals surface area (Å²) in [5.74, 6) is -2.76. The molecule has 1 N–H and O–H groups in total. The summed E-state index contributed by atoms with van der Waals surface area (Å²) >= 11 is 12.0. The fourth-order valence-corrected chi connectivity index (χ4v) is 3.48. The summed E-state index contributed by atoms with van der Waals surface area (Å²) in [6.07, 6.45) is -4.72. The van der Waals surface area contributed by atoms with E-state index in [1.807, 2.05) is 0 Å². The largest absolute Gasteiger partial charge is 0.477 e. The van der Waals surface area contributed by atoms with Crippen LogP contribution < -0.4 is 5.43 Å².